The normalized spacial score (nSPS) is 14.0. The molecule has 1 aliphatic carbocycles. The van der Waals surface area contributed by atoms with Crippen LogP contribution in [0.5, 0.6) is 0 Å². The number of pyridine rings is 1. The summed E-state index contributed by atoms with van der Waals surface area (Å²) < 4.78 is 29.1. The van der Waals surface area contributed by atoms with Gasteiger partial charge in [-0.2, -0.15) is 5.10 Å². The van der Waals surface area contributed by atoms with Crippen LogP contribution in [0.4, 0.5) is 5.69 Å². The predicted octanol–water partition coefficient (Wildman–Crippen LogP) is 4.02. The van der Waals surface area contributed by atoms with Gasteiger partial charge in [0.15, 0.2) is 15.5 Å². The van der Waals surface area contributed by atoms with Crippen molar-refractivity contribution < 1.29 is 8.42 Å². The van der Waals surface area contributed by atoms with Crippen LogP contribution in [0, 0.1) is 6.57 Å². The Bertz CT molecular complexity index is 1390. The first-order chi connectivity index (χ1) is 15.0. The molecule has 8 heteroatoms. The Morgan fingerprint density at radius 1 is 1.06 bits per heavy atom. The molecule has 1 aromatic carbocycles. The molecule has 1 fully saturated rings. The Morgan fingerprint density at radius 3 is 2.61 bits per heavy atom. The summed E-state index contributed by atoms with van der Waals surface area (Å²) in [6.45, 7) is 7.40. The molecule has 0 saturated heterocycles. The number of aromatic nitrogens is 4. The van der Waals surface area contributed by atoms with Crippen LogP contribution in [0.2, 0.25) is 0 Å². The first-order valence-electron chi connectivity index (χ1n) is 10.2. The van der Waals surface area contributed by atoms with E-state index in [1.165, 1.54) is 24.6 Å². The van der Waals surface area contributed by atoms with Gasteiger partial charge in [0.05, 0.1) is 30.8 Å². The molecule has 0 aliphatic heterocycles. The van der Waals surface area contributed by atoms with Gasteiger partial charge in [-0.15, -0.1) is 0 Å². The smallest absolute Gasteiger partial charge is 0.187 e. The number of hydrogen-bond donors (Lipinski definition) is 0. The quantitative estimate of drug-likeness (QED) is 0.414. The van der Waals surface area contributed by atoms with E-state index in [-0.39, 0.29) is 10.6 Å². The molecule has 0 radical (unpaired) electrons. The first kappa shape index (κ1) is 19.5. The van der Waals surface area contributed by atoms with Crippen molar-refractivity contribution in [2.24, 2.45) is 0 Å². The minimum absolute atomic E-state index is 0.00559. The molecule has 156 valence electrons. The van der Waals surface area contributed by atoms with Gasteiger partial charge in [-0.25, -0.2) is 18.2 Å². The van der Waals surface area contributed by atoms with Crippen molar-refractivity contribution in [2.75, 3.05) is 5.75 Å². The molecule has 0 amide bonds. The lowest BCUT2D eigenvalue weighted by molar-refractivity contribution is 0.595. The fourth-order valence-electron chi connectivity index (χ4n) is 3.66. The van der Waals surface area contributed by atoms with Crippen LogP contribution in [0.1, 0.15) is 35.6 Å². The third-order valence-corrected chi connectivity index (χ3v) is 7.26. The maximum absolute atomic E-state index is 12.7. The fraction of sp³-hybridized carbons (Fsp3) is 0.261. The Balaban J connectivity index is 1.27. The Morgan fingerprint density at radius 2 is 1.87 bits per heavy atom. The zero-order chi connectivity index (χ0) is 21.4. The van der Waals surface area contributed by atoms with Crippen molar-refractivity contribution in [3.63, 3.8) is 0 Å². The number of sulfone groups is 1. The lowest BCUT2D eigenvalue weighted by Crippen LogP contribution is -2.08. The van der Waals surface area contributed by atoms with Crippen molar-refractivity contribution in [1.82, 2.24) is 19.2 Å². The summed E-state index contributed by atoms with van der Waals surface area (Å²) in [6, 6.07) is 11.2. The molecular weight excluding hydrogens is 410 g/mol. The second kappa shape index (κ2) is 7.67. The third-order valence-electron chi connectivity index (χ3n) is 5.59. The van der Waals surface area contributed by atoms with Gasteiger partial charge >= 0.3 is 0 Å². The monoisotopic (exact) mass is 431 g/mol. The molecule has 1 aliphatic rings. The maximum atomic E-state index is 12.7. The van der Waals surface area contributed by atoms with E-state index >= 15 is 0 Å². The highest BCUT2D eigenvalue weighted by molar-refractivity contribution is 7.91. The highest BCUT2D eigenvalue weighted by Gasteiger charge is 2.24. The molecular formula is C23H21N5O2S. The molecule has 5 rings (SSSR count). The number of imidazole rings is 1. The summed E-state index contributed by atoms with van der Waals surface area (Å²) in [4.78, 5) is 8.18. The Kier molecular flexibility index (Phi) is 4.83. The maximum Gasteiger partial charge on any atom is 0.187 e. The van der Waals surface area contributed by atoms with Gasteiger partial charge in [-0.3, -0.25) is 4.68 Å². The lowest BCUT2D eigenvalue weighted by Gasteiger charge is -2.03. The van der Waals surface area contributed by atoms with E-state index in [4.69, 9.17) is 6.57 Å². The van der Waals surface area contributed by atoms with E-state index in [0.29, 0.717) is 24.6 Å². The Hall–Kier alpha value is -3.44. The van der Waals surface area contributed by atoms with Crippen molar-refractivity contribution in [3.8, 4) is 0 Å². The van der Waals surface area contributed by atoms with Gasteiger partial charge in [-0.05, 0) is 42.4 Å². The topological polar surface area (TPSA) is 73.6 Å². The lowest BCUT2D eigenvalue weighted by atomic mass is 10.1. The molecule has 4 aromatic rings. The van der Waals surface area contributed by atoms with E-state index < -0.39 is 9.84 Å². The Labute approximate surface area is 180 Å². The summed E-state index contributed by atoms with van der Waals surface area (Å²) in [5, 5.41) is 4.24. The summed E-state index contributed by atoms with van der Waals surface area (Å²) in [5.41, 5.74) is 4.48. The standard InChI is InChI=1S/C23H21N5O2S/c1-24-20-7-2-17(3-8-20)10-11-31(29,30)22-12-25-28(16-22)15-21-14-27-13-19(18-4-5-18)6-9-23(27)26-21/h2-3,6-9,12-14,16,18H,4-5,10-11,15H2. The molecule has 3 heterocycles. The van der Waals surface area contributed by atoms with Crippen LogP contribution in [0.15, 0.2) is 66.1 Å². The van der Waals surface area contributed by atoms with Crippen LogP contribution in [0.25, 0.3) is 10.5 Å². The summed E-state index contributed by atoms with van der Waals surface area (Å²) in [5.74, 6) is 0.675. The second-order valence-electron chi connectivity index (χ2n) is 7.96. The molecule has 1 saturated carbocycles. The highest BCUT2D eigenvalue weighted by Crippen LogP contribution is 2.39. The molecule has 31 heavy (non-hydrogen) atoms. The van der Waals surface area contributed by atoms with Gasteiger partial charge in [0, 0.05) is 18.6 Å². The van der Waals surface area contributed by atoms with Crippen LogP contribution in [0.3, 0.4) is 0 Å². The number of benzene rings is 1. The zero-order valence-electron chi connectivity index (χ0n) is 16.8. The van der Waals surface area contributed by atoms with Gasteiger partial charge in [0.25, 0.3) is 0 Å². The van der Waals surface area contributed by atoms with E-state index in [1.807, 2.05) is 16.7 Å². The van der Waals surface area contributed by atoms with Gasteiger partial charge in [0.1, 0.15) is 10.5 Å². The number of aryl methyl sites for hydroxylation is 1. The summed E-state index contributed by atoms with van der Waals surface area (Å²) in [7, 11) is -3.45. The van der Waals surface area contributed by atoms with E-state index in [0.717, 1.165) is 16.9 Å². The van der Waals surface area contributed by atoms with Crippen molar-refractivity contribution >= 4 is 21.2 Å². The summed E-state index contributed by atoms with van der Waals surface area (Å²) >= 11 is 0. The van der Waals surface area contributed by atoms with Crippen LogP contribution in [-0.4, -0.2) is 33.3 Å². The third kappa shape index (κ3) is 4.23. The van der Waals surface area contributed by atoms with Crippen LogP contribution < -0.4 is 0 Å². The minimum Gasteiger partial charge on any atom is -0.306 e. The zero-order valence-corrected chi connectivity index (χ0v) is 17.7. The average molecular weight is 432 g/mol. The molecule has 0 N–H and O–H groups in total. The van der Waals surface area contributed by atoms with Crippen molar-refractivity contribution in [2.45, 2.75) is 36.6 Å². The van der Waals surface area contributed by atoms with Crippen LogP contribution >= 0.6 is 0 Å². The number of nitrogens with zero attached hydrogens (tertiary/aromatic N) is 5. The predicted molar refractivity (Wildman–Crippen MR) is 117 cm³/mol. The summed E-state index contributed by atoms with van der Waals surface area (Å²) in [6.07, 6.45) is 9.97. The molecule has 0 unspecified atom stereocenters. The second-order valence-corrected chi connectivity index (χ2v) is 10.1. The highest BCUT2D eigenvalue weighted by atomic mass is 32.2. The SMILES string of the molecule is [C-]#[N+]c1ccc(CCS(=O)(=O)c2cnn(Cc3cn4cc(C5CC5)ccc4n3)c2)cc1. The number of rotatable bonds is 7. The van der Waals surface area contributed by atoms with E-state index in [2.05, 4.69) is 27.2 Å². The van der Waals surface area contributed by atoms with Crippen molar-refractivity contribution in [3.05, 3.63) is 89.4 Å². The largest absolute Gasteiger partial charge is 0.306 e. The van der Waals surface area contributed by atoms with Crippen molar-refractivity contribution in [1.29, 1.82) is 0 Å². The molecule has 0 bridgehead atoms. The molecule has 7 nitrogen and oxygen atoms in total. The minimum atomic E-state index is -3.45. The first-order valence-corrected chi connectivity index (χ1v) is 11.8. The average Bonchev–Trinajstić information content (AvgIpc) is 3.38. The number of fused-ring (bicyclic) bond motifs is 1. The van der Waals surface area contributed by atoms with Gasteiger partial charge < -0.3 is 4.40 Å². The van der Waals surface area contributed by atoms with E-state index in [9.17, 15) is 8.42 Å². The van der Waals surface area contributed by atoms with Crippen LogP contribution in [-0.2, 0) is 22.8 Å². The van der Waals surface area contributed by atoms with Gasteiger partial charge in [-0.1, -0.05) is 30.3 Å². The molecule has 0 spiro atoms. The van der Waals surface area contributed by atoms with E-state index in [1.54, 1.807) is 35.1 Å². The van der Waals surface area contributed by atoms with Gasteiger partial charge in [0.2, 0.25) is 0 Å². The fourth-order valence-corrected chi connectivity index (χ4v) is 4.89. The molecule has 0 atom stereocenters. The molecule has 3 aromatic heterocycles. The number of hydrogen-bond acceptors (Lipinski definition) is 4.